The maximum absolute atomic E-state index is 10.6. The third-order valence-corrected chi connectivity index (χ3v) is 2.79. The van der Waals surface area contributed by atoms with Crippen LogP contribution in [0.3, 0.4) is 0 Å². The van der Waals surface area contributed by atoms with E-state index in [4.69, 9.17) is 0 Å². The number of hydrogen-bond donors (Lipinski definition) is 0. The lowest BCUT2D eigenvalue weighted by Crippen LogP contribution is -2.15. The Bertz CT molecular complexity index is 259. The van der Waals surface area contributed by atoms with Gasteiger partial charge in [0.05, 0.1) is 0 Å². The molecule has 1 heteroatoms. The van der Waals surface area contributed by atoms with Crippen molar-refractivity contribution in [1.82, 2.24) is 0 Å². The highest BCUT2D eigenvalue weighted by atomic mass is 16.3. The molecule has 0 spiro atoms. The van der Waals surface area contributed by atoms with Crippen LogP contribution in [0.25, 0.3) is 0 Å². The summed E-state index contributed by atoms with van der Waals surface area (Å²) in [5.41, 5.74) is 2.41. The molecule has 0 aliphatic rings. The van der Waals surface area contributed by atoms with Crippen molar-refractivity contribution in [2.75, 3.05) is 0 Å². The Labute approximate surface area is 80.4 Å². The second-order valence-corrected chi connectivity index (χ2v) is 4.08. The molecule has 0 fully saturated rings. The molecule has 1 nitrogen and oxygen atoms in total. The fourth-order valence-corrected chi connectivity index (χ4v) is 1.26. The highest BCUT2D eigenvalue weighted by Gasteiger charge is 2.17. The Hall–Kier alpha value is -0.820. The Kier molecular flexibility index (Phi) is 3.10. The number of rotatable bonds is 3. The second-order valence-electron chi connectivity index (χ2n) is 4.08. The number of hydrogen-bond acceptors (Lipinski definition) is 0. The summed E-state index contributed by atoms with van der Waals surface area (Å²) in [4.78, 5) is 0. The smallest absolute Gasteiger partial charge is 0.107 e. The van der Waals surface area contributed by atoms with Gasteiger partial charge in [-0.15, -0.1) is 0 Å². The molecular weight excluding hydrogens is 160 g/mol. The first kappa shape index (κ1) is 10.3. The van der Waals surface area contributed by atoms with Crippen LogP contribution in [0.4, 0.5) is 0 Å². The zero-order valence-electron chi connectivity index (χ0n) is 8.63. The van der Waals surface area contributed by atoms with Crippen LogP contribution < -0.4 is 0 Å². The third kappa shape index (κ3) is 2.31. The van der Waals surface area contributed by atoms with Crippen molar-refractivity contribution in [3.63, 3.8) is 0 Å². The minimum absolute atomic E-state index is 0.118. The highest BCUT2D eigenvalue weighted by Crippen LogP contribution is 2.26. The van der Waals surface area contributed by atoms with Crippen LogP contribution in [0.5, 0.6) is 0 Å². The van der Waals surface area contributed by atoms with Crippen molar-refractivity contribution in [1.29, 1.82) is 0 Å². The maximum atomic E-state index is 10.6. The lowest BCUT2D eigenvalue weighted by atomic mass is 9.82. The van der Waals surface area contributed by atoms with Crippen LogP contribution in [0.1, 0.15) is 38.3 Å². The average Bonchev–Trinajstić information content (AvgIpc) is 2.18. The normalized spacial score (nSPS) is 11.7. The van der Waals surface area contributed by atoms with Crippen molar-refractivity contribution in [2.24, 2.45) is 0 Å². The molecule has 0 atom stereocenters. The van der Waals surface area contributed by atoms with Crippen molar-refractivity contribution in [3.05, 3.63) is 35.4 Å². The van der Waals surface area contributed by atoms with Gasteiger partial charge in [-0.2, -0.15) is 0 Å². The predicted molar refractivity (Wildman–Crippen MR) is 54.1 cm³/mol. The minimum Gasteiger partial charge on any atom is -0.232 e. The molecule has 0 bridgehead atoms. The van der Waals surface area contributed by atoms with Crippen molar-refractivity contribution in [3.8, 4) is 0 Å². The van der Waals surface area contributed by atoms with Gasteiger partial charge in [0.25, 0.3) is 0 Å². The topological polar surface area (TPSA) is 19.9 Å². The van der Waals surface area contributed by atoms with Gasteiger partial charge in [0.2, 0.25) is 0 Å². The van der Waals surface area contributed by atoms with Gasteiger partial charge in [-0.25, -0.2) is 5.11 Å². The van der Waals surface area contributed by atoms with Crippen molar-refractivity contribution < 1.29 is 5.11 Å². The summed E-state index contributed by atoms with van der Waals surface area (Å²) in [5, 5.41) is 10.6. The monoisotopic (exact) mass is 177 g/mol. The van der Waals surface area contributed by atoms with E-state index < -0.39 is 0 Å². The molecule has 1 radical (unpaired) electrons. The van der Waals surface area contributed by atoms with Gasteiger partial charge in [-0.1, -0.05) is 45.0 Å². The molecule has 0 saturated heterocycles. The Balaban J connectivity index is 2.92. The highest BCUT2D eigenvalue weighted by molar-refractivity contribution is 5.27. The van der Waals surface area contributed by atoms with E-state index in [9.17, 15) is 5.11 Å². The van der Waals surface area contributed by atoms with Crippen LogP contribution in [0, 0.1) is 0 Å². The van der Waals surface area contributed by atoms with E-state index in [1.807, 2.05) is 12.1 Å². The fourth-order valence-electron chi connectivity index (χ4n) is 1.26. The van der Waals surface area contributed by atoms with Crippen LogP contribution >= 0.6 is 0 Å². The van der Waals surface area contributed by atoms with Gasteiger partial charge < -0.3 is 0 Å². The first-order valence-corrected chi connectivity index (χ1v) is 4.77. The summed E-state index contributed by atoms with van der Waals surface area (Å²) in [7, 11) is 0. The number of benzene rings is 1. The maximum Gasteiger partial charge on any atom is 0.107 e. The van der Waals surface area contributed by atoms with Crippen LogP contribution in [0.2, 0.25) is 0 Å². The molecule has 0 N–H and O–H groups in total. The molecule has 0 saturated carbocycles. The summed E-state index contributed by atoms with van der Waals surface area (Å²) >= 11 is 0. The average molecular weight is 177 g/mol. The molecule has 0 heterocycles. The molecule has 0 aromatic heterocycles. The first-order valence-electron chi connectivity index (χ1n) is 4.77. The fraction of sp³-hybridized carbons (Fsp3) is 0.500. The van der Waals surface area contributed by atoms with Crippen molar-refractivity contribution >= 4 is 0 Å². The van der Waals surface area contributed by atoms with E-state index in [2.05, 4.69) is 32.9 Å². The molecule has 1 aromatic carbocycles. The second kappa shape index (κ2) is 3.93. The summed E-state index contributed by atoms with van der Waals surface area (Å²) in [6, 6.07) is 7.99. The molecule has 0 aliphatic carbocycles. The molecule has 0 unspecified atom stereocenters. The van der Waals surface area contributed by atoms with Gasteiger partial charge in [-0.3, -0.25) is 0 Å². The molecule has 1 rings (SSSR count). The summed E-state index contributed by atoms with van der Waals surface area (Å²) in [6.07, 6.45) is 1.11. The predicted octanol–water partition coefficient (Wildman–Crippen LogP) is 3.30. The molecule has 1 aromatic rings. The lowest BCUT2D eigenvalue weighted by Gasteiger charge is -2.23. The standard InChI is InChI=1S/C12H17O/c1-4-12(2,3)11-7-5-10(9-13)6-8-11/h5-8H,4,9H2,1-3H3. The Morgan fingerprint density at radius 1 is 1.15 bits per heavy atom. The zero-order valence-corrected chi connectivity index (χ0v) is 8.63. The minimum atomic E-state index is -0.118. The van der Waals surface area contributed by atoms with Gasteiger partial charge in [0, 0.05) is 0 Å². The molecule has 13 heavy (non-hydrogen) atoms. The van der Waals surface area contributed by atoms with Crippen LogP contribution in [0.15, 0.2) is 24.3 Å². The quantitative estimate of drug-likeness (QED) is 0.675. The molecule has 0 amide bonds. The Morgan fingerprint density at radius 3 is 2.08 bits per heavy atom. The van der Waals surface area contributed by atoms with Gasteiger partial charge >= 0.3 is 0 Å². The van der Waals surface area contributed by atoms with E-state index in [1.165, 1.54) is 5.56 Å². The summed E-state index contributed by atoms with van der Waals surface area (Å²) < 4.78 is 0. The summed E-state index contributed by atoms with van der Waals surface area (Å²) in [5.74, 6) is 0. The van der Waals surface area contributed by atoms with E-state index in [1.54, 1.807) is 0 Å². The molecule has 0 aliphatic heterocycles. The van der Waals surface area contributed by atoms with E-state index in [0.29, 0.717) is 0 Å². The zero-order chi connectivity index (χ0) is 9.90. The SMILES string of the molecule is CCC(C)(C)c1ccc(C[O])cc1. The van der Waals surface area contributed by atoms with Gasteiger partial charge in [-0.05, 0) is 23.0 Å². The first-order chi connectivity index (χ1) is 6.10. The van der Waals surface area contributed by atoms with Crippen LogP contribution in [-0.4, -0.2) is 0 Å². The van der Waals surface area contributed by atoms with Crippen LogP contribution in [-0.2, 0) is 17.1 Å². The Morgan fingerprint density at radius 2 is 1.69 bits per heavy atom. The third-order valence-electron chi connectivity index (χ3n) is 2.79. The van der Waals surface area contributed by atoms with E-state index in [-0.39, 0.29) is 12.0 Å². The molecule has 71 valence electrons. The molecular formula is C12H17O. The summed E-state index contributed by atoms with van der Waals surface area (Å²) in [6.45, 7) is 6.51. The van der Waals surface area contributed by atoms with E-state index in [0.717, 1.165) is 12.0 Å². The van der Waals surface area contributed by atoms with Gasteiger partial charge in [0.1, 0.15) is 6.61 Å². The van der Waals surface area contributed by atoms with Gasteiger partial charge in [0.15, 0.2) is 0 Å². The van der Waals surface area contributed by atoms with E-state index >= 15 is 0 Å². The largest absolute Gasteiger partial charge is 0.232 e. The lowest BCUT2D eigenvalue weighted by molar-refractivity contribution is 0.177. The van der Waals surface area contributed by atoms with Crippen molar-refractivity contribution in [2.45, 2.75) is 39.2 Å².